The molecule has 0 aliphatic rings. The first-order valence-electron chi connectivity index (χ1n) is 31.1. The molecule has 0 radical (unpaired) electrons. The number of hydrogen-bond acceptors (Lipinski definition) is 6. The molecule has 0 spiro atoms. The molecule has 0 aliphatic heterocycles. The molecule has 0 heterocycles. The summed E-state index contributed by atoms with van der Waals surface area (Å²) < 4.78 is 16.9. The van der Waals surface area contributed by atoms with Crippen LogP contribution in [0, 0.1) is 0 Å². The number of hydrogen-bond donors (Lipinski definition) is 0. The Morgan fingerprint density at radius 2 is 0.549 bits per heavy atom. The van der Waals surface area contributed by atoms with E-state index in [1.807, 2.05) is 0 Å². The van der Waals surface area contributed by atoms with Gasteiger partial charge in [-0.05, 0) is 57.8 Å². The Morgan fingerprint density at radius 1 is 0.296 bits per heavy atom. The van der Waals surface area contributed by atoms with Gasteiger partial charge in [0.05, 0.1) is 0 Å². The van der Waals surface area contributed by atoms with E-state index in [9.17, 15) is 14.4 Å². The zero-order valence-corrected chi connectivity index (χ0v) is 47.5. The third-order valence-electron chi connectivity index (χ3n) is 13.8. The highest BCUT2D eigenvalue weighted by atomic mass is 16.6. The van der Waals surface area contributed by atoms with Crippen molar-refractivity contribution in [3.8, 4) is 0 Å². The van der Waals surface area contributed by atoms with Crippen molar-refractivity contribution in [2.45, 2.75) is 335 Å². The molecular weight excluding hydrogens is 877 g/mol. The predicted molar refractivity (Wildman–Crippen MR) is 307 cm³/mol. The fraction of sp³-hybridized carbons (Fsp3) is 0.831. The lowest BCUT2D eigenvalue weighted by molar-refractivity contribution is -0.167. The van der Waals surface area contributed by atoms with E-state index < -0.39 is 6.10 Å². The number of allylic oxidation sites excluding steroid dienone is 8. The molecule has 0 saturated heterocycles. The number of esters is 3. The summed E-state index contributed by atoms with van der Waals surface area (Å²) in [6.07, 6.45) is 74.0. The maximum atomic E-state index is 12.9. The van der Waals surface area contributed by atoms with Gasteiger partial charge in [0, 0.05) is 19.3 Å². The Hall–Kier alpha value is -2.63. The van der Waals surface area contributed by atoms with Gasteiger partial charge in [-0.3, -0.25) is 14.4 Å². The van der Waals surface area contributed by atoms with Gasteiger partial charge in [0.1, 0.15) is 13.2 Å². The monoisotopic (exact) mass is 995 g/mol. The average molecular weight is 996 g/mol. The minimum atomic E-state index is -0.780. The standard InChI is InChI=1S/C65H118O6/c1-4-7-10-13-16-19-22-25-28-31-32-35-37-40-43-46-49-52-55-58-64(67)70-61-62(71-65(68)59-56-53-50-47-44-41-38-34-30-27-24-21-18-15-12-9-6-3)60-69-63(66)57-54-51-48-45-42-39-36-33-29-26-23-20-17-14-11-8-5-2/h8,11,17,20,26,29,36,39,62H,4-7,9-10,12-16,18-19,21-25,27-28,30-35,37-38,40-61H2,1-3H3/b11-8-,20-17-,29-26-,39-36-/t62-/m1/s1. The molecule has 0 bridgehead atoms. The Bertz CT molecular complexity index is 1230. The summed E-state index contributed by atoms with van der Waals surface area (Å²) in [5.74, 6) is -0.878. The summed E-state index contributed by atoms with van der Waals surface area (Å²) in [6.45, 7) is 6.57. The molecule has 0 N–H and O–H groups in total. The zero-order chi connectivity index (χ0) is 51.4. The predicted octanol–water partition coefficient (Wildman–Crippen LogP) is 21.0. The van der Waals surface area contributed by atoms with E-state index in [-0.39, 0.29) is 31.1 Å². The number of rotatable bonds is 57. The first-order valence-corrected chi connectivity index (χ1v) is 31.1. The molecule has 6 heteroatoms. The van der Waals surface area contributed by atoms with Gasteiger partial charge in [0.15, 0.2) is 6.10 Å². The van der Waals surface area contributed by atoms with Crippen LogP contribution in [0.3, 0.4) is 0 Å². The molecule has 0 aromatic heterocycles. The Morgan fingerprint density at radius 3 is 0.859 bits per heavy atom. The van der Waals surface area contributed by atoms with Crippen LogP contribution < -0.4 is 0 Å². The van der Waals surface area contributed by atoms with Crippen molar-refractivity contribution in [3.05, 3.63) is 48.6 Å². The van der Waals surface area contributed by atoms with Crippen LogP contribution in [0.5, 0.6) is 0 Å². The van der Waals surface area contributed by atoms with Crippen LogP contribution in [0.15, 0.2) is 48.6 Å². The molecule has 0 saturated carbocycles. The number of carbonyl (C=O) groups excluding carboxylic acids is 3. The molecule has 0 aromatic carbocycles. The van der Waals surface area contributed by atoms with Crippen molar-refractivity contribution in [1.29, 1.82) is 0 Å². The largest absolute Gasteiger partial charge is 0.462 e. The van der Waals surface area contributed by atoms with Crippen LogP contribution in [0.4, 0.5) is 0 Å². The second-order valence-corrected chi connectivity index (χ2v) is 21.0. The van der Waals surface area contributed by atoms with Gasteiger partial charge in [-0.15, -0.1) is 0 Å². The molecule has 0 rings (SSSR count). The van der Waals surface area contributed by atoms with Gasteiger partial charge in [0.25, 0.3) is 0 Å². The summed E-state index contributed by atoms with van der Waals surface area (Å²) >= 11 is 0. The van der Waals surface area contributed by atoms with E-state index in [4.69, 9.17) is 14.2 Å². The van der Waals surface area contributed by atoms with Crippen molar-refractivity contribution in [1.82, 2.24) is 0 Å². The van der Waals surface area contributed by atoms with Gasteiger partial charge < -0.3 is 14.2 Å². The second-order valence-electron chi connectivity index (χ2n) is 21.0. The quantitative estimate of drug-likeness (QED) is 0.0261. The van der Waals surface area contributed by atoms with Crippen LogP contribution in [-0.4, -0.2) is 37.2 Å². The number of unbranched alkanes of at least 4 members (excludes halogenated alkanes) is 38. The topological polar surface area (TPSA) is 78.9 Å². The van der Waals surface area contributed by atoms with Crippen LogP contribution in [0.2, 0.25) is 0 Å². The minimum Gasteiger partial charge on any atom is -0.462 e. The van der Waals surface area contributed by atoms with Crippen molar-refractivity contribution < 1.29 is 28.6 Å². The summed E-state index contributed by atoms with van der Waals surface area (Å²) in [6, 6.07) is 0. The lowest BCUT2D eigenvalue weighted by Crippen LogP contribution is -2.30. The third-order valence-corrected chi connectivity index (χ3v) is 13.8. The van der Waals surface area contributed by atoms with Gasteiger partial charge in [0.2, 0.25) is 0 Å². The van der Waals surface area contributed by atoms with Crippen molar-refractivity contribution in [2.24, 2.45) is 0 Å². The summed E-state index contributed by atoms with van der Waals surface area (Å²) in [7, 11) is 0. The third kappa shape index (κ3) is 58.1. The number of ether oxygens (including phenoxy) is 3. The molecule has 1 atom stereocenters. The maximum absolute atomic E-state index is 12.9. The summed E-state index contributed by atoms with van der Waals surface area (Å²) in [4.78, 5) is 38.3. The maximum Gasteiger partial charge on any atom is 0.306 e. The highest BCUT2D eigenvalue weighted by Gasteiger charge is 2.19. The second kappa shape index (κ2) is 59.9. The highest BCUT2D eigenvalue weighted by Crippen LogP contribution is 2.17. The smallest absolute Gasteiger partial charge is 0.306 e. The lowest BCUT2D eigenvalue weighted by atomic mass is 10.0. The van der Waals surface area contributed by atoms with Gasteiger partial charge in [-0.1, -0.05) is 301 Å². The van der Waals surface area contributed by atoms with Crippen molar-refractivity contribution in [2.75, 3.05) is 13.2 Å². The van der Waals surface area contributed by atoms with Gasteiger partial charge >= 0.3 is 17.9 Å². The molecule has 0 aliphatic carbocycles. The van der Waals surface area contributed by atoms with Crippen LogP contribution in [0.1, 0.15) is 329 Å². The van der Waals surface area contributed by atoms with E-state index in [1.54, 1.807) is 0 Å². The van der Waals surface area contributed by atoms with E-state index in [1.165, 1.54) is 193 Å². The zero-order valence-electron chi connectivity index (χ0n) is 47.5. The lowest BCUT2D eigenvalue weighted by Gasteiger charge is -2.18. The SMILES string of the molecule is CC/C=C\C/C=C\C/C=C\C/C=C\CCCCCCC(=O)OC[C@H](COC(=O)CCCCCCCCCCCCCCCCCCCCC)OC(=O)CCCCCCCCCCCCCCCCCCC. The highest BCUT2D eigenvalue weighted by molar-refractivity contribution is 5.71. The van der Waals surface area contributed by atoms with Gasteiger partial charge in [-0.25, -0.2) is 0 Å². The Kier molecular flexibility index (Phi) is 57.7. The molecule has 0 fully saturated rings. The molecule has 414 valence electrons. The van der Waals surface area contributed by atoms with E-state index >= 15 is 0 Å². The average Bonchev–Trinajstić information content (AvgIpc) is 3.37. The fourth-order valence-corrected chi connectivity index (χ4v) is 9.20. The molecular formula is C65H118O6. The molecule has 0 aromatic rings. The Labute approximate surface area is 441 Å². The van der Waals surface area contributed by atoms with E-state index in [2.05, 4.69) is 69.4 Å². The molecule has 71 heavy (non-hydrogen) atoms. The Balaban J connectivity index is 4.36. The summed E-state index contributed by atoms with van der Waals surface area (Å²) in [5, 5.41) is 0. The molecule has 0 amide bonds. The fourth-order valence-electron chi connectivity index (χ4n) is 9.20. The van der Waals surface area contributed by atoms with Crippen LogP contribution >= 0.6 is 0 Å². The minimum absolute atomic E-state index is 0.0761. The van der Waals surface area contributed by atoms with E-state index in [0.717, 1.165) is 96.3 Å². The first kappa shape index (κ1) is 68.4. The first-order chi connectivity index (χ1) is 35.0. The summed E-state index contributed by atoms with van der Waals surface area (Å²) in [5.41, 5.74) is 0. The van der Waals surface area contributed by atoms with E-state index in [0.29, 0.717) is 19.3 Å². The normalized spacial score (nSPS) is 12.3. The number of carbonyl (C=O) groups is 3. The van der Waals surface area contributed by atoms with Crippen molar-refractivity contribution in [3.63, 3.8) is 0 Å². The van der Waals surface area contributed by atoms with Gasteiger partial charge in [-0.2, -0.15) is 0 Å². The van der Waals surface area contributed by atoms with Crippen LogP contribution in [0.25, 0.3) is 0 Å². The molecule has 6 nitrogen and oxygen atoms in total. The molecule has 0 unspecified atom stereocenters. The van der Waals surface area contributed by atoms with Crippen molar-refractivity contribution >= 4 is 17.9 Å². The van der Waals surface area contributed by atoms with Crippen LogP contribution in [-0.2, 0) is 28.6 Å².